The maximum Gasteiger partial charge on any atom is 0.225 e. The van der Waals surface area contributed by atoms with Crippen LogP contribution in [0.15, 0.2) is 0 Å². The topological polar surface area (TPSA) is 61.4 Å². The second-order valence-electron chi connectivity index (χ2n) is 8.46. The predicted molar refractivity (Wildman–Crippen MR) is 92.3 cm³/mol. The minimum absolute atomic E-state index is 0.191. The first-order valence-electron chi connectivity index (χ1n) is 10.0. The van der Waals surface area contributed by atoms with Crippen LogP contribution in [-0.4, -0.2) is 48.9 Å². The smallest absolute Gasteiger partial charge is 0.225 e. The lowest BCUT2D eigenvalue weighted by atomic mass is 9.85. The maximum atomic E-state index is 12.8. The molecule has 0 bridgehead atoms. The molecule has 0 radical (unpaired) electrons. The van der Waals surface area contributed by atoms with E-state index in [0.29, 0.717) is 23.8 Å². The first kappa shape index (κ1) is 16.4. The van der Waals surface area contributed by atoms with Crippen molar-refractivity contribution < 1.29 is 9.59 Å². The van der Waals surface area contributed by atoms with Gasteiger partial charge in [-0.15, -0.1) is 0 Å². The first-order valence-corrected chi connectivity index (χ1v) is 10.0. The van der Waals surface area contributed by atoms with Crippen molar-refractivity contribution in [2.75, 3.05) is 26.2 Å². The Labute approximate surface area is 144 Å². The zero-order chi connectivity index (χ0) is 16.5. The molecular formula is C19H31N3O2. The third-order valence-corrected chi connectivity index (χ3v) is 6.85. The molecule has 4 rings (SSSR count). The van der Waals surface area contributed by atoms with E-state index in [2.05, 4.69) is 15.5 Å². The highest BCUT2D eigenvalue weighted by atomic mass is 16.2. The van der Waals surface area contributed by atoms with Gasteiger partial charge in [0.15, 0.2) is 0 Å². The summed E-state index contributed by atoms with van der Waals surface area (Å²) in [4.78, 5) is 27.2. The Morgan fingerprint density at radius 2 is 1.46 bits per heavy atom. The molecule has 2 aliphatic heterocycles. The van der Waals surface area contributed by atoms with Crippen LogP contribution in [-0.2, 0) is 9.59 Å². The standard InChI is InChI=1S/C19H31N3O2/c23-18(13-3-1-2-4-13)21-17-7-5-14(6-8-17)19(24)22-11-15-9-20-10-16(15)12-22/h13-17,20H,1-12H2,(H,21,23)/t14?,15-,16+,17?. The molecule has 2 saturated heterocycles. The van der Waals surface area contributed by atoms with Gasteiger partial charge in [0.05, 0.1) is 0 Å². The van der Waals surface area contributed by atoms with Gasteiger partial charge >= 0.3 is 0 Å². The number of hydrogen-bond donors (Lipinski definition) is 2. The highest BCUT2D eigenvalue weighted by Crippen LogP contribution is 2.32. The van der Waals surface area contributed by atoms with Gasteiger partial charge in [-0.2, -0.15) is 0 Å². The van der Waals surface area contributed by atoms with Crippen LogP contribution >= 0.6 is 0 Å². The molecule has 2 amide bonds. The molecule has 5 heteroatoms. The number of nitrogens with zero attached hydrogens (tertiary/aromatic N) is 1. The van der Waals surface area contributed by atoms with Crippen LogP contribution in [0, 0.1) is 23.7 Å². The summed E-state index contributed by atoms with van der Waals surface area (Å²) in [6, 6.07) is 0.296. The van der Waals surface area contributed by atoms with Crippen molar-refractivity contribution in [3.8, 4) is 0 Å². The molecule has 4 aliphatic rings. The molecule has 0 spiro atoms. The van der Waals surface area contributed by atoms with Gasteiger partial charge in [0, 0.05) is 44.1 Å². The van der Waals surface area contributed by atoms with Gasteiger partial charge in [-0.1, -0.05) is 12.8 Å². The van der Waals surface area contributed by atoms with Crippen LogP contribution in [0.1, 0.15) is 51.4 Å². The van der Waals surface area contributed by atoms with E-state index >= 15 is 0 Å². The van der Waals surface area contributed by atoms with Crippen LogP contribution in [0.2, 0.25) is 0 Å². The number of amides is 2. The van der Waals surface area contributed by atoms with E-state index in [9.17, 15) is 9.59 Å². The van der Waals surface area contributed by atoms with Crippen molar-refractivity contribution in [2.45, 2.75) is 57.4 Å². The van der Waals surface area contributed by atoms with E-state index in [1.54, 1.807) is 0 Å². The number of hydrogen-bond acceptors (Lipinski definition) is 3. The summed E-state index contributed by atoms with van der Waals surface area (Å²) in [6.45, 7) is 4.06. The second kappa shape index (κ2) is 7.03. The van der Waals surface area contributed by atoms with Crippen molar-refractivity contribution in [3.63, 3.8) is 0 Å². The third kappa shape index (κ3) is 3.32. The molecule has 0 aromatic rings. The molecule has 0 aromatic heterocycles. The molecule has 2 aliphatic carbocycles. The average molecular weight is 333 g/mol. The van der Waals surface area contributed by atoms with Crippen molar-refractivity contribution in [1.29, 1.82) is 0 Å². The fourth-order valence-corrected chi connectivity index (χ4v) is 5.29. The van der Waals surface area contributed by atoms with E-state index in [4.69, 9.17) is 0 Å². The van der Waals surface area contributed by atoms with Crippen molar-refractivity contribution in [1.82, 2.24) is 15.5 Å². The number of fused-ring (bicyclic) bond motifs is 1. The summed E-state index contributed by atoms with van der Waals surface area (Å²) in [7, 11) is 0. The van der Waals surface area contributed by atoms with Crippen molar-refractivity contribution >= 4 is 11.8 Å². The normalized spacial score (nSPS) is 36.8. The molecule has 24 heavy (non-hydrogen) atoms. The second-order valence-corrected chi connectivity index (χ2v) is 8.46. The van der Waals surface area contributed by atoms with E-state index in [1.165, 1.54) is 12.8 Å². The molecule has 2 saturated carbocycles. The van der Waals surface area contributed by atoms with Crippen LogP contribution in [0.3, 0.4) is 0 Å². The highest BCUT2D eigenvalue weighted by molar-refractivity contribution is 5.80. The third-order valence-electron chi connectivity index (χ3n) is 6.85. The highest BCUT2D eigenvalue weighted by Gasteiger charge is 2.40. The monoisotopic (exact) mass is 333 g/mol. The number of carbonyl (C=O) groups is 2. The molecule has 134 valence electrons. The minimum atomic E-state index is 0.191. The van der Waals surface area contributed by atoms with Crippen LogP contribution in [0.4, 0.5) is 0 Å². The lowest BCUT2D eigenvalue weighted by Gasteiger charge is -2.31. The van der Waals surface area contributed by atoms with Gasteiger partial charge < -0.3 is 15.5 Å². The van der Waals surface area contributed by atoms with Crippen LogP contribution in [0.25, 0.3) is 0 Å². The summed E-state index contributed by atoms with van der Waals surface area (Å²) < 4.78 is 0. The summed E-state index contributed by atoms with van der Waals surface area (Å²) in [6.07, 6.45) is 8.35. The molecule has 4 fully saturated rings. The zero-order valence-electron chi connectivity index (χ0n) is 14.6. The quantitative estimate of drug-likeness (QED) is 0.823. The lowest BCUT2D eigenvalue weighted by molar-refractivity contribution is -0.136. The predicted octanol–water partition coefficient (Wildman–Crippen LogP) is 1.53. The number of nitrogens with one attached hydrogen (secondary N) is 2. The van der Waals surface area contributed by atoms with Gasteiger partial charge in [0.1, 0.15) is 0 Å². The van der Waals surface area contributed by atoms with E-state index in [-0.39, 0.29) is 17.7 Å². The maximum absolute atomic E-state index is 12.8. The number of likely N-dealkylation sites (tertiary alicyclic amines) is 1. The fraction of sp³-hybridized carbons (Fsp3) is 0.895. The molecule has 5 nitrogen and oxygen atoms in total. The Hall–Kier alpha value is -1.10. The van der Waals surface area contributed by atoms with Crippen LogP contribution < -0.4 is 10.6 Å². The molecule has 2 atom stereocenters. The summed E-state index contributed by atoms with van der Waals surface area (Å²) in [5.41, 5.74) is 0. The van der Waals surface area contributed by atoms with Gasteiger partial charge in [-0.25, -0.2) is 0 Å². The Bertz CT molecular complexity index is 469. The largest absolute Gasteiger partial charge is 0.353 e. The zero-order valence-corrected chi connectivity index (χ0v) is 14.6. The van der Waals surface area contributed by atoms with Gasteiger partial charge in [0.25, 0.3) is 0 Å². The van der Waals surface area contributed by atoms with Crippen molar-refractivity contribution in [2.24, 2.45) is 23.7 Å². The number of carbonyl (C=O) groups excluding carboxylic acids is 2. The Kier molecular flexibility index (Phi) is 4.79. The molecule has 2 heterocycles. The van der Waals surface area contributed by atoms with Crippen molar-refractivity contribution in [3.05, 3.63) is 0 Å². The number of rotatable bonds is 3. The summed E-state index contributed by atoms with van der Waals surface area (Å²) in [5, 5.41) is 6.68. The summed E-state index contributed by atoms with van der Waals surface area (Å²) in [5.74, 6) is 2.44. The van der Waals surface area contributed by atoms with Gasteiger partial charge in [-0.3, -0.25) is 9.59 Å². The van der Waals surface area contributed by atoms with E-state index < -0.39 is 0 Å². The first-order chi connectivity index (χ1) is 11.7. The Morgan fingerprint density at radius 1 is 0.833 bits per heavy atom. The summed E-state index contributed by atoms with van der Waals surface area (Å²) >= 11 is 0. The average Bonchev–Trinajstić information content (AvgIpc) is 3.31. The minimum Gasteiger partial charge on any atom is -0.353 e. The van der Waals surface area contributed by atoms with E-state index in [1.807, 2.05) is 0 Å². The Balaban J connectivity index is 1.22. The van der Waals surface area contributed by atoms with Gasteiger partial charge in [0.2, 0.25) is 11.8 Å². The van der Waals surface area contributed by atoms with E-state index in [0.717, 1.165) is 64.7 Å². The molecule has 0 unspecified atom stereocenters. The molecule has 2 N–H and O–H groups in total. The fourth-order valence-electron chi connectivity index (χ4n) is 5.29. The van der Waals surface area contributed by atoms with Gasteiger partial charge in [-0.05, 0) is 50.4 Å². The van der Waals surface area contributed by atoms with Crippen LogP contribution in [0.5, 0.6) is 0 Å². The molecular weight excluding hydrogens is 302 g/mol. The lowest BCUT2D eigenvalue weighted by Crippen LogP contribution is -2.43. The SMILES string of the molecule is O=C(NC1CCC(C(=O)N2C[C@H]3CNC[C@H]3C2)CC1)C1CCCC1. The molecule has 0 aromatic carbocycles. The Morgan fingerprint density at radius 3 is 2.08 bits per heavy atom.